The van der Waals surface area contributed by atoms with Crippen molar-refractivity contribution in [1.29, 1.82) is 0 Å². The summed E-state index contributed by atoms with van der Waals surface area (Å²) in [6.45, 7) is 3.59. The Morgan fingerprint density at radius 3 is 2.62 bits per heavy atom. The number of amidine groups is 1. The van der Waals surface area contributed by atoms with Crippen LogP contribution in [0.5, 0.6) is 0 Å². The molecular formula is C24H24F2N4O4. The highest BCUT2D eigenvalue weighted by atomic mass is 19.1. The van der Waals surface area contributed by atoms with E-state index in [1.54, 1.807) is 32.0 Å². The number of para-hydroxylation sites is 2. The maximum atomic E-state index is 13.7. The molecule has 0 aromatic heterocycles. The van der Waals surface area contributed by atoms with E-state index in [-0.39, 0.29) is 43.0 Å². The summed E-state index contributed by atoms with van der Waals surface area (Å²) in [6, 6.07) is 9.79. The largest absolute Gasteiger partial charge is 0.462 e. The Labute approximate surface area is 195 Å². The first kappa shape index (κ1) is 24.6. The van der Waals surface area contributed by atoms with Crippen LogP contribution >= 0.6 is 0 Å². The first-order valence-electron chi connectivity index (χ1n) is 10.7. The van der Waals surface area contributed by atoms with Crippen molar-refractivity contribution in [2.45, 2.75) is 26.7 Å². The molecule has 1 aliphatic rings. The van der Waals surface area contributed by atoms with Crippen LogP contribution in [0, 0.1) is 11.6 Å². The fraction of sp³-hybridized carbons (Fsp3) is 0.250. The van der Waals surface area contributed by atoms with Crippen molar-refractivity contribution in [2.75, 3.05) is 18.5 Å². The van der Waals surface area contributed by atoms with Crippen molar-refractivity contribution in [3.05, 3.63) is 70.9 Å². The highest BCUT2D eigenvalue weighted by molar-refractivity contribution is 6.24. The minimum atomic E-state index is -0.968. The summed E-state index contributed by atoms with van der Waals surface area (Å²) >= 11 is 0. The number of amides is 2. The van der Waals surface area contributed by atoms with E-state index < -0.39 is 29.4 Å². The number of ether oxygens (including phenoxy) is 1. The standard InChI is InChI=1S/C24H24F2N4O4/c1-3-34-24(33)21-14(2)28-18-7-4-5-8-19(18)29-22(21)30-20(31)9-6-12-27-23(32)16-11-10-15(25)13-17(16)26/h4-5,7-8,10-11,13,28H,3,6,9,12H2,1-2H3,(H,27,32)(H,29,30,31). The van der Waals surface area contributed by atoms with Crippen LogP contribution in [-0.4, -0.2) is 36.8 Å². The molecule has 2 aromatic rings. The fourth-order valence-corrected chi connectivity index (χ4v) is 3.25. The second-order valence-corrected chi connectivity index (χ2v) is 7.35. The molecule has 1 heterocycles. The lowest BCUT2D eigenvalue weighted by Crippen LogP contribution is -2.36. The fourth-order valence-electron chi connectivity index (χ4n) is 3.25. The molecule has 8 nitrogen and oxygen atoms in total. The topological polar surface area (TPSA) is 109 Å². The number of hydrogen-bond donors (Lipinski definition) is 3. The molecule has 3 N–H and O–H groups in total. The van der Waals surface area contributed by atoms with E-state index in [0.29, 0.717) is 23.1 Å². The van der Waals surface area contributed by atoms with Crippen molar-refractivity contribution in [3.63, 3.8) is 0 Å². The van der Waals surface area contributed by atoms with Gasteiger partial charge in [0.2, 0.25) is 5.91 Å². The minimum Gasteiger partial charge on any atom is -0.462 e. The monoisotopic (exact) mass is 470 g/mol. The number of allylic oxidation sites excluding steroid dienone is 1. The lowest BCUT2D eigenvalue weighted by molar-refractivity contribution is -0.137. The summed E-state index contributed by atoms with van der Waals surface area (Å²) in [7, 11) is 0. The van der Waals surface area contributed by atoms with Crippen molar-refractivity contribution in [3.8, 4) is 0 Å². The van der Waals surface area contributed by atoms with Gasteiger partial charge in [-0.3, -0.25) is 9.59 Å². The van der Waals surface area contributed by atoms with Gasteiger partial charge in [-0.25, -0.2) is 18.6 Å². The number of nitrogens with zero attached hydrogens (tertiary/aromatic N) is 1. The van der Waals surface area contributed by atoms with E-state index in [2.05, 4.69) is 20.9 Å². The predicted molar refractivity (Wildman–Crippen MR) is 123 cm³/mol. The molecule has 0 spiro atoms. The van der Waals surface area contributed by atoms with Gasteiger partial charge in [0.15, 0.2) is 0 Å². The third kappa shape index (κ3) is 6.03. The number of fused-ring (bicyclic) bond motifs is 1. The van der Waals surface area contributed by atoms with Gasteiger partial charge in [-0.1, -0.05) is 12.1 Å². The summed E-state index contributed by atoms with van der Waals surface area (Å²) in [5, 5.41) is 8.25. The second-order valence-electron chi connectivity index (χ2n) is 7.35. The zero-order chi connectivity index (χ0) is 24.7. The van der Waals surface area contributed by atoms with Gasteiger partial charge in [-0.2, -0.15) is 0 Å². The van der Waals surface area contributed by atoms with Gasteiger partial charge >= 0.3 is 5.97 Å². The molecule has 0 aliphatic carbocycles. The summed E-state index contributed by atoms with van der Waals surface area (Å²) in [4.78, 5) is 41.6. The van der Waals surface area contributed by atoms with Crippen LogP contribution in [0.25, 0.3) is 0 Å². The van der Waals surface area contributed by atoms with Crippen LogP contribution in [0.3, 0.4) is 0 Å². The van der Waals surface area contributed by atoms with E-state index in [1.165, 1.54) is 0 Å². The number of hydrogen-bond acceptors (Lipinski definition) is 6. The highest BCUT2D eigenvalue weighted by Crippen LogP contribution is 2.30. The SMILES string of the molecule is CCOC(=O)C1=C(C)Nc2ccccc2N=C1NC(=O)CCCNC(=O)c1ccc(F)cc1F. The van der Waals surface area contributed by atoms with Gasteiger partial charge < -0.3 is 20.7 Å². The van der Waals surface area contributed by atoms with Gasteiger partial charge in [0.1, 0.15) is 23.0 Å². The van der Waals surface area contributed by atoms with Crippen molar-refractivity contribution < 1.29 is 27.9 Å². The maximum Gasteiger partial charge on any atom is 0.343 e. The summed E-state index contributed by atoms with van der Waals surface area (Å²) in [5.41, 5.74) is 1.49. The number of anilines is 1. The van der Waals surface area contributed by atoms with E-state index >= 15 is 0 Å². The summed E-state index contributed by atoms with van der Waals surface area (Å²) < 4.78 is 31.8. The molecule has 0 unspecified atom stereocenters. The van der Waals surface area contributed by atoms with Gasteiger partial charge in [-0.15, -0.1) is 0 Å². The normalized spacial score (nSPS) is 12.6. The summed E-state index contributed by atoms with van der Waals surface area (Å²) in [5.74, 6) is -3.48. The zero-order valence-electron chi connectivity index (χ0n) is 18.7. The first-order chi connectivity index (χ1) is 16.3. The smallest absolute Gasteiger partial charge is 0.343 e. The van der Waals surface area contributed by atoms with Gasteiger partial charge in [0.05, 0.1) is 23.5 Å². The number of aliphatic imine (C=N–C) groups is 1. The molecule has 0 radical (unpaired) electrons. The van der Waals surface area contributed by atoms with E-state index in [0.717, 1.165) is 12.1 Å². The molecule has 10 heteroatoms. The quantitative estimate of drug-likeness (QED) is 0.423. The maximum absolute atomic E-state index is 13.7. The van der Waals surface area contributed by atoms with E-state index in [9.17, 15) is 23.2 Å². The number of esters is 1. The minimum absolute atomic E-state index is 0.00454. The lowest BCUT2D eigenvalue weighted by Gasteiger charge is -2.13. The molecule has 1 aliphatic heterocycles. The zero-order valence-corrected chi connectivity index (χ0v) is 18.7. The Hall–Kier alpha value is -4.08. The highest BCUT2D eigenvalue weighted by Gasteiger charge is 2.25. The molecule has 178 valence electrons. The van der Waals surface area contributed by atoms with Gasteiger partial charge in [0, 0.05) is 24.7 Å². The number of halogens is 2. The number of carbonyl (C=O) groups is 3. The van der Waals surface area contributed by atoms with Crippen LogP contribution < -0.4 is 16.0 Å². The Balaban J connectivity index is 1.64. The number of carbonyl (C=O) groups excluding carboxylic acids is 3. The van der Waals surface area contributed by atoms with Crippen LogP contribution in [0.2, 0.25) is 0 Å². The Morgan fingerprint density at radius 2 is 1.88 bits per heavy atom. The van der Waals surface area contributed by atoms with Crippen molar-refractivity contribution >= 4 is 35.0 Å². The number of benzene rings is 2. The lowest BCUT2D eigenvalue weighted by atomic mass is 10.1. The molecule has 0 atom stereocenters. The first-order valence-corrected chi connectivity index (χ1v) is 10.7. The average Bonchev–Trinajstić information content (AvgIpc) is 2.91. The molecule has 2 amide bonds. The second kappa shape index (κ2) is 11.2. The average molecular weight is 470 g/mol. The van der Waals surface area contributed by atoms with Crippen molar-refractivity contribution in [1.82, 2.24) is 10.6 Å². The Kier molecular flexibility index (Phi) is 8.07. The molecular weight excluding hydrogens is 446 g/mol. The van der Waals surface area contributed by atoms with E-state index in [1.807, 2.05) is 6.07 Å². The van der Waals surface area contributed by atoms with E-state index in [4.69, 9.17) is 4.74 Å². The third-order valence-electron chi connectivity index (χ3n) is 4.85. The molecule has 0 saturated heterocycles. The van der Waals surface area contributed by atoms with Crippen LogP contribution in [0.4, 0.5) is 20.2 Å². The van der Waals surface area contributed by atoms with Gasteiger partial charge in [-0.05, 0) is 44.5 Å². The predicted octanol–water partition coefficient (Wildman–Crippen LogP) is 3.58. The van der Waals surface area contributed by atoms with Crippen LogP contribution in [-0.2, 0) is 14.3 Å². The van der Waals surface area contributed by atoms with Crippen LogP contribution in [0.15, 0.2) is 58.7 Å². The molecule has 0 saturated carbocycles. The molecule has 2 aromatic carbocycles. The number of nitrogens with one attached hydrogen (secondary N) is 3. The Morgan fingerprint density at radius 1 is 1.12 bits per heavy atom. The molecule has 0 bridgehead atoms. The molecule has 3 rings (SSSR count). The van der Waals surface area contributed by atoms with Gasteiger partial charge in [0.25, 0.3) is 5.91 Å². The third-order valence-corrected chi connectivity index (χ3v) is 4.85. The molecule has 0 fully saturated rings. The number of rotatable bonds is 7. The van der Waals surface area contributed by atoms with Crippen molar-refractivity contribution in [2.24, 2.45) is 4.99 Å². The summed E-state index contributed by atoms with van der Waals surface area (Å²) in [6.07, 6.45) is 0.232. The Bertz CT molecular complexity index is 1180. The van der Waals surface area contributed by atoms with Crippen LogP contribution in [0.1, 0.15) is 37.0 Å². The molecule has 34 heavy (non-hydrogen) atoms.